The molecular formula is C26H26N4O3. The third kappa shape index (κ3) is 4.18. The van der Waals surface area contributed by atoms with E-state index in [-0.39, 0.29) is 5.91 Å². The summed E-state index contributed by atoms with van der Waals surface area (Å²) in [4.78, 5) is 21.4. The summed E-state index contributed by atoms with van der Waals surface area (Å²) < 4.78 is 10.9. The predicted molar refractivity (Wildman–Crippen MR) is 128 cm³/mol. The largest absolute Gasteiger partial charge is 0.497 e. The highest BCUT2D eigenvalue weighted by molar-refractivity contribution is 5.98. The molecule has 0 saturated carbocycles. The van der Waals surface area contributed by atoms with Gasteiger partial charge in [-0.2, -0.15) is 0 Å². The number of methoxy groups -OCH3 is 1. The van der Waals surface area contributed by atoms with E-state index in [0.29, 0.717) is 6.42 Å². The molecule has 0 atom stereocenters. The van der Waals surface area contributed by atoms with E-state index in [1.165, 1.54) is 0 Å². The Balaban J connectivity index is 1.60. The molecule has 0 unspecified atom stereocenters. The second-order valence-corrected chi connectivity index (χ2v) is 8.07. The topological polar surface area (TPSA) is 66.9 Å². The first-order chi connectivity index (χ1) is 16.2. The Morgan fingerprint density at radius 3 is 2.73 bits per heavy atom. The van der Waals surface area contributed by atoms with Crippen molar-refractivity contribution < 1.29 is 14.3 Å². The molecular weight excluding hydrogens is 416 g/mol. The van der Waals surface area contributed by atoms with E-state index in [1.54, 1.807) is 14.2 Å². The lowest BCUT2D eigenvalue weighted by Gasteiger charge is -2.28. The fourth-order valence-corrected chi connectivity index (χ4v) is 4.29. The maximum absolute atomic E-state index is 12.1. The molecule has 5 rings (SSSR count). The zero-order valence-corrected chi connectivity index (χ0v) is 18.9. The van der Waals surface area contributed by atoms with Crippen LogP contribution in [-0.4, -0.2) is 62.8 Å². The van der Waals surface area contributed by atoms with Gasteiger partial charge in [-0.25, -0.2) is 4.98 Å². The van der Waals surface area contributed by atoms with E-state index in [2.05, 4.69) is 38.7 Å². The van der Waals surface area contributed by atoms with Crippen LogP contribution in [0, 0.1) is 0 Å². The van der Waals surface area contributed by atoms with Crippen molar-refractivity contribution >= 4 is 28.1 Å². The Hall–Kier alpha value is -3.76. The molecule has 168 valence electrons. The first kappa shape index (κ1) is 21.1. The highest BCUT2D eigenvalue weighted by Gasteiger charge is 2.22. The van der Waals surface area contributed by atoms with Crippen molar-refractivity contribution in [3.05, 3.63) is 71.0 Å². The lowest BCUT2D eigenvalue weighted by Crippen LogP contribution is -2.34. The van der Waals surface area contributed by atoms with E-state index in [9.17, 15) is 4.79 Å². The SMILES string of the molecule is CNC(=O)C1=CN(c2cc(C3=C=C=C(N4CCOCC4)C=C3)nc3cc(OC)ccc23)CC1. The number of amides is 1. The minimum Gasteiger partial charge on any atom is -0.497 e. The zero-order valence-electron chi connectivity index (χ0n) is 18.9. The fraction of sp³-hybridized carbons (Fsp3) is 0.308. The standard InChI is InChI=1S/C26H26N4O3/c1-27-26(31)19-9-10-30(17-19)25-16-23(28-24-15-21(32-2)7-8-22(24)25)18-3-5-20(6-4-18)29-11-13-33-14-12-29/h3,5,7-8,15-17H,9-14H2,1-2H3,(H,27,31). The number of carbonyl (C=O) groups excluding carboxylic acids is 1. The molecule has 0 spiro atoms. The van der Waals surface area contributed by atoms with Crippen LogP contribution in [0.5, 0.6) is 5.75 Å². The number of nitrogens with one attached hydrogen (secondary N) is 1. The molecule has 1 aromatic heterocycles. The van der Waals surface area contributed by atoms with Crippen LogP contribution in [0.4, 0.5) is 5.69 Å². The van der Waals surface area contributed by atoms with Gasteiger partial charge in [0.25, 0.3) is 0 Å². The quantitative estimate of drug-likeness (QED) is 0.719. The van der Waals surface area contributed by atoms with E-state index >= 15 is 0 Å². The molecule has 7 heteroatoms. The summed E-state index contributed by atoms with van der Waals surface area (Å²) in [5, 5.41) is 3.72. The third-order valence-corrected chi connectivity index (χ3v) is 6.12. The van der Waals surface area contributed by atoms with Crippen molar-refractivity contribution in [1.29, 1.82) is 0 Å². The summed E-state index contributed by atoms with van der Waals surface area (Å²) in [6.07, 6.45) is 6.73. The van der Waals surface area contributed by atoms with Crippen molar-refractivity contribution in [1.82, 2.24) is 15.2 Å². The Morgan fingerprint density at radius 2 is 2.00 bits per heavy atom. The van der Waals surface area contributed by atoms with Gasteiger partial charge in [-0.3, -0.25) is 4.79 Å². The molecule has 1 amide bonds. The fourth-order valence-electron chi connectivity index (χ4n) is 4.29. The second-order valence-electron chi connectivity index (χ2n) is 8.07. The number of fused-ring (bicyclic) bond motifs is 1. The molecule has 33 heavy (non-hydrogen) atoms. The van der Waals surface area contributed by atoms with Crippen molar-refractivity contribution in [3.63, 3.8) is 0 Å². The maximum Gasteiger partial charge on any atom is 0.248 e. The molecule has 2 aliphatic heterocycles. The molecule has 0 bridgehead atoms. The van der Waals surface area contributed by atoms with Crippen molar-refractivity contribution in [3.8, 4) is 5.75 Å². The van der Waals surface area contributed by atoms with Crippen LogP contribution in [0.3, 0.4) is 0 Å². The van der Waals surface area contributed by atoms with Crippen molar-refractivity contribution in [2.45, 2.75) is 6.42 Å². The Morgan fingerprint density at radius 1 is 1.15 bits per heavy atom. The summed E-state index contributed by atoms with van der Waals surface area (Å²) in [6, 6.07) is 7.95. The van der Waals surface area contributed by atoms with Gasteiger partial charge in [-0.05, 0) is 42.5 Å². The number of pyridine rings is 1. The van der Waals surface area contributed by atoms with Gasteiger partial charge in [0.2, 0.25) is 5.91 Å². The Bertz CT molecular complexity index is 1270. The first-order valence-electron chi connectivity index (χ1n) is 11.1. The van der Waals surface area contributed by atoms with E-state index in [0.717, 1.165) is 77.7 Å². The van der Waals surface area contributed by atoms with Crippen LogP contribution >= 0.6 is 0 Å². The van der Waals surface area contributed by atoms with Gasteiger partial charge in [0.1, 0.15) is 5.75 Å². The molecule has 2 aromatic rings. The van der Waals surface area contributed by atoms with E-state index in [1.807, 2.05) is 30.5 Å². The average Bonchev–Trinajstić information content (AvgIpc) is 3.38. The minimum absolute atomic E-state index is 0.0422. The number of carbonyl (C=O) groups is 1. The number of morpholine rings is 1. The number of hydrogen-bond acceptors (Lipinski definition) is 6. The summed E-state index contributed by atoms with van der Waals surface area (Å²) >= 11 is 0. The zero-order chi connectivity index (χ0) is 22.8. The van der Waals surface area contributed by atoms with Crippen LogP contribution in [0.15, 0.2) is 65.4 Å². The molecule has 1 fully saturated rings. The number of ether oxygens (including phenoxy) is 2. The highest BCUT2D eigenvalue weighted by Crippen LogP contribution is 2.34. The number of nitrogens with zero attached hydrogens (tertiary/aromatic N) is 3. The van der Waals surface area contributed by atoms with Gasteiger partial charge in [-0.1, -0.05) is 5.73 Å². The minimum atomic E-state index is -0.0422. The van der Waals surface area contributed by atoms with Gasteiger partial charge in [0.05, 0.1) is 48.5 Å². The molecule has 1 saturated heterocycles. The van der Waals surface area contributed by atoms with Gasteiger partial charge in [0.15, 0.2) is 0 Å². The smallest absolute Gasteiger partial charge is 0.248 e. The normalized spacial score (nSPS) is 17.7. The Kier molecular flexibility index (Phi) is 5.76. The number of hydrogen-bond donors (Lipinski definition) is 1. The summed E-state index contributed by atoms with van der Waals surface area (Å²) in [5.41, 5.74) is 11.9. The van der Waals surface area contributed by atoms with Crippen LogP contribution < -0.4 is 15.0 Å². The molecule has 1 aromatic carbocycles. The van der Waals surface area contributed by atoms with Crippen molar-refractivity contribution in [2.24, 2.45) is 0 Å². The van der Waals surface area contributed by atoms with Crippen molar-refractivity contribution in [2.75, 3.05) is 51.9 Å². The highest BCUT2D eigenvalue weighted by atomic mass is 16.5. The molecule has 1 aliphatic carbocycles. The lowest BCUT2D eigenvalue weighted by atomic mass is 10.1. The number of likely N-dealkylation sites (N-methyl/N-ethyl adjacent to an activating group) is 1. The molecule has 1 N–H and O–H groups in total. The van der Waals surface area contributed by atoms with Crippen LogP contribution in [0.1, 0.15) is 12.1 Å². The molecule has 0 radical (unpaired) electrons. The monoisotopic (exact) mass is 442 g/mol. The number of allylic oxidation sites excluding steroid dienone is 3. The van der Waals surface area contributed by atoms with Gasteiger partial charge >= 0.3 is 0 Å². The molecule has 3 heterocycles. The average molecular weight is 443 g/mol. The predicted octanol–water partition coefficient (Wildman–Crippen LogP) is 3.01. The van der Waals surface area contributed by atoms with Gasteiger partial charge in [-0.15, -0.1) is 0 Å². The number of aromatic nitrogens is 1. The van der Waals surface area contributed by atoms with E-state index in [4.69, 9.17) is 14.5 Å². The Labute approximate surface area is 193 Å². The number of benzene rings is 1. The second kappa shape index (κ2) is 9.00. The maximum atomic E-state index is 12.1. The van der Waals surface area contributed by atoms with Crippen LogP contribution in [0.25, 0.3) is 16.5 Å². The third-order valence-electron chi connectivity index (χ3n) is 6.12. The molecule has 3 aliphatic rings. The van der Waals surface area contributed by atoms with E-state index < -0.39 is 0 Å². The molecule has 7 nitrogen and oxygen atoms in total. The van der Waals surface area contributed by atoms with Gasteiger partial charge < -0.3 is 24.6 Å². The van der Waals surface area contributed by atoms with Crippen LogP contribution in [0.2, 0.25) is 0 Å². The summed E-state index contributed by atoms with van der Waals surface area (Å²) in [6.45, 7) is 3.91. The van der Waals surface area contributed by atoms with Gasteiger partial charge in [0, 0.05) is 49.9 Å². The summed E-state index contributed by atoms with van der Waals surface area (Å²) in [5.74, 6) is 0.707. The first-order valence-corrected chi connectivity index (χ1v) is 11.1. The van der Waals surface area contributed by atoms with Crippen LogP contribution in [-0.2, 0) is 9.53 Å². The number of rotatable bonds is 5. The number of anilines is 1. The lowest BCUT2D eigenvalue weighted by molar-refractivity contribution is -0.117. The summed E-state index contributed by atoms with van der Waals surface area (Å²) in [7, 11) is 3.31.